The quantitative estimate of drug-likeness (QED) is 0.519. The third-order valence-electron chi connectivity index (χ3n) is 3.28. The molecule has 2 aliphatic rings. The number of ether oxygens (including phenoxy) is 1. The van der Waals surface area contributed by atoms with Crippen molar-refractivity contribution < 1.29 is 9.53 Å². The Balaban J connectivity index is 2.13. The molecule has 0 aromatic heterocycles. The van der Waals surface area contributed by atoms with Crippen LogP contribution in [0.2, 0.25) is 0 Å². The molecule has 1 saturated carbocycles. The van der Waals surface area contributed by atoms with Gasteiger partial charge in [-0.1, -0.05) is 12.8 Å². The van der Waals surface area contributed by atoms with E-state index in [-0.39, 0.29) is 11.4 Å². The van der Waals surface area contributed by atoms with Gasteiger partial charge in [-0.15, -0.1) is 0 Å². The first-order chi connectivity index (χ1) is 5.83. The topological polar surface area (TPSA) is 26.3 Å². The molecule has 2 fully saturated rings. The van der Waals surface area contributed by atoms with E-state index in [2.05, 4.69) is 0 Å². The molecule has 0 unspecified atom stereocenters. The monoisotopic (exact) mass is 168 g/mol. The second-order valence-electron chi connectivity index (χ2n) is 4.08. The maximum Gasteiger partial charge on any atom is 0.312 e. The summed E-state index contributed by atoms with van der Waals surface area (Å²) < 4.78 is 5.20. The fraction of sp³-hybridized carbons (Fsp3) is 0.900. The lowest BCUT2D eigenvalue weighted by Crippen LogP contribution is -2.28. The Morgan fingerprint density at radius 2 is 1.58 bits per heavy atom. The van der Waals surface area contributed by atoms with Crippen LogP contribution in [0.4, 0.5) is 0 Å². The summed E-state index contributed by atoms with van der Waals surface area (Å²) in [6.45, 7) is 0.653. The van der Waals surface area contributed by atoms with Crippen LogP contribution in [0.3, 0.4) is 0 Å². The van der Waals surface area contributed by atoms with Crippen LogP contribution in [0.1, 0.15) is 44.9 Å². The van der Waals surface area contributed by atoms with Crippen LogP contribution in [0.25, 0.3) is 0 Å². The first kappa shape index (κ1) is 8.09. The number of esters is 1. The molecule has 0 N–H and O–H groups in total. The standard InChI is InChI=1S/C10H16O2/c11-9-10(5-1-2-6-10)7-3-4-8-12-9/h1-8H2. The number of cyclic esters (lactones) is 1. The van der Waals surface area contributed by atoms with Gasteiger partial charge in [0.15, 0.2) is 0 Å². The Morgan fingerprint density at radius 3 is 2.25 bits per heavy atom. The molecule has 0 aromatic carbocycles. The summed E-state index contributed by atoms with van der Waals surface area (Å²) >= 11 is 0. The Hall–Kier alpha value is -0.530. The molecule has 2 rings (SSSR count). The summed E-state index contributed by atoms with van der Waals surface area (Å²) in [5.41, 5.74) is -0.0451. The SMILES string of the molecule is O=C1OCCCCC12CCCC2. The molecular weight excluding hydrogens is 152 g/mol. The minimum absolute atomic E-state index is 0.0451. The van der Waals surface area contributed by atoms with E-state index in [4.69, 9.17) is 4.74 Å². The van der Waals surface area contributed by atoms with Crippen LogP contribution in [-0.4, -0.2) is 12.6 Å². The van der Waals surface area contributed by atoms with E-state index in [0.717, 1.165) is 25.7 Å². The molecule has 0 atom stereocenters. The van der Waals surface area contributed by atoms with Gasteiger partial charge in [0.05, 0.1) is 12.0 Å². The predicted molar refractivity (Wildman–Crippen MR) is 45.7 cm³/mol. The van der Waals surface area contributed by atoms with Crippen LogP contribution in [0.15, 0.2) is 0 Å². The van der Waals surface area contributed by atoms with Gasteiger partial charge in [0, 0.05) is 0 Å². The smallest absolute Gasteiger partial charge is 0.312 e. The normalized spacial score (nSPS) is 28.5. The zero-order valence-corrected chi connectivity index (χ0v) is 7.47. The van der Waals surface area contributed by atoms with Gasteiger partial charge in [0.1, 0.15) is 0 Å². The molecule has 68 valence electrons. The Bertz CT molecular complexity index is 180. The molecule has 2 heteroatoms. The highest BCUT2D eigenvalue weighted by atomic mass is 16.5. The highest BCUT2D eigenvalue weighted by Gasteiger charge is 2.42. The number of hydrogen-bond acceptors (Lipinski definition) is 2. The Morgan fingerprint density at radius 1 is 1.00 bits per heavy atom. The number of rotatable bonds is 0. The van der Waals surface area contributed by atoms with Crippen molar-refractivity contribution in [2.75, 3.05) is 6.61 Å². The Labute approximate surface area is 73.3 Å². The molecule has 0 radical (unpaired) electrons. The van der Waals surface area contributed by atoms with Crippen molar-refractivity contribution in [2.24, 2.45) is 5.41 Å². The van der Waals surface area contributed by atoms with Crippen LogP contribution in [0, 0.1) is 5.41 Å². The van der Waals surface area contributed by atoms with E-state index in [1.54, 1.807) is 0 Å². The van der Waals surface area contributed by atoms with E-state index in [1.165, 1.54) is 19.3 Å². The molecule has 1 spiro atoms. The van der Waals surface area contributed by atoms with Crippen molar-refractivity contribution in [2.45, 2.75) is 44.9 Å². The van der Waals surface area contributed by atoms with E-state index in [0.29, 0.717) is 6.61 Å². The highest BCUT2D eigenvalue weighted by Crippen LogP contribution is 2.44. The van der Waals surface area contributed by atoms with Crippen LogP contribution < -0.4 is 0 Å². The van der Waals surface area contributed by atoms with E-state index in [9.17, 15) is 4.79 Å². The van der Waals surface area contributed by atoms with E-state index < -0.39 is 0 Å². The van der Waals surface area contributed by atoms with Crippen molar-refractivity contribution in [3.8, 4) is 0 Å². The number of carbonyl (C=O) groups excluding carboxylic acids is 1. The Kier molecular flexibility index (Phi) is 2.07. The highest BCUT2D eigenvalue weighted by molar-refractivity contribution is 5.77. The second kappa shape index (κ2) is 3.08. The van der Waals surface area contributed by atoms with E-state index >= 15 is 0 Å². The molecule has 0 amide bonds. The molecule has 12 heavy (non-hydrogen) atoms. The van der Waals surface area contributed by atoms with Crippen molar-refractivity contribution in [3.63, 3.8) is 0 Å². The summed E-state index contributed by atoms with van der Waals surface area (Å²) in [6, 6.07) is 0. The van der Waals surface area contributed by atoms with Gasteiger partial charge in [-0.2, -0.15) is 0 Å². The fourth-order valence-electron chi connectivity index (χ4n) is 2.49. The lowest BCUT2D eigenvalue weighted by molar-refractivity contribution is -0.154. The van der Waals surface area contributed by atoms with Gasteiger partial charge >= 0.3 is 5.97 Å². The van der Waals surface area contributed by atoms with Crippen LogP contribution >= 0.6 is 0 Å². The summed E-state index contributed by atoms with van der Waals surface area (Å²) in [6.07, 6.45) is 7.90. The van der Waals surface area contributed by atoms with Gasteiger partial charge in [-0.05, 0) is 32.1 Å². The second-order valence-corrected chi connectivity index (χ2v) is 4.08. The van der Waals surface area contributed by atoms with Crippen LogP contribution in [-0.2, 0) is 9.53 Å². The van der Waals surface area contributed by atoms with Gasteiger partial charge < -0.3 is 4.74 Å². The third kappa shape index (κ3) is 1.23. The molecule has 1 heterocycles. The number of hydrogen-bond donors (Lipinski definition) is 0. The number of carbonyl (C=O) groups is 1. The van der Waals surface area contributed by atoms with Crippen molar-refractivity contribution in [1.82, 2.24) is 0 Å². The van der Waals surface area contributed by atoms with Crippen molar-refractivity contribution in [1.29, 1.82) is 0 Å². The predicted octanol–water partition coefficient (Wildman–Crippen LogP) is 2.27. The van der Waals surface area contributed by atoms with Gasteiger partial charge in [0.25, 0.3) is 0 Å². The third-order valence-corrected chi connectivity index (χ3v) is 3.28. The summed E-state index contributed by atoms with van der Waals surface area (Å²) in [4.78, 5) is 11.6. The zero-order chi connectivity index (χ0) is 8.44. The summed E-state index contributed by atoms with van der Waals surface area (Å²) in [5.74, 6) is 0.0949. The minimum atomic E-state index is -0.0451. The lowest BCUT2D eigenvalue weighted by Gasteiger charge is -2.23. The molecule has 1 aliphatic carbocycles. The summed E-state index contributed by atoms with van der Waals surface area (Å²) in [5, 5.41) is 0. The molecule has 0 bridgehead atoms. The molecule has 1 saturated heterocycles. The van der Waals surface area contributed by atoms with Crippen molar-refractivity contribution >= 4 is 5.97 Å². The maximum absolute atomic E-state index is 11.6. The molecule has 1 aliphatic heterocycles. The zero-order valence-electron chi connectivity index (χ0n) is 7.47. The average molecular weight is 168 g/mol. The summed E-state index contributed by atoms with van der Waals surface area (Å²) in [7, 11) is 0. The van der Waals surface area contributed by atoms with Crippen molar-refractivity contribution in [3.05, 3.63) is 0 Å². The first-order valence-electron chi connectivity index (χ1n) is 5.01. The minimum Gasteiger partial charge on any atom is -0.465 e. The van der Waals surface area contributed by atoms with Crippen LogP contribution in [0.5, 0.6) is 0 Å². The van der Waals surface area contributed by atoms with E-state index in [1.807, 2.05) is 0 Å². The lowest BCUT2D eigenvalue weighted by atomic mass is 9.82. The fourth-order valence-corrected chi connectivity index (χ4v) is 2.49. The van der Waals surface area contributed by atoms with Gasteiger partial charge in [-0.25, -0.2) is 0 Å². The maximum atomic E-state index is 11.6. The molecule has 0 aromatic rings. The first-order valence-corrected chi connectivity index (χ1v) is 5.01. The molecule has 2 nitrogen and oxygen atoms in total. The van der Waals surface area contributed by atoms with Gasteiger partial charge in [-0.3, -0.25) is 4.79 Å². The largest absolute Gasteiger partial charge is 0.465 e. The average Bonchev–Trinajstić information content (AvgIpc) is 2.45. The van der Waals surface area contributed by atoms with Gasteiger partial charge in [0.2, 0.25) is 0 Å². The molecular formula is C10H16O2.